The van der Waals surface area contributed by atoms with Crippen LogP contribution in [0.4, 0.5) is 10.6 Å². The number of amides is 2. The van der Waals surface area contributed by atoms with Gasteiger partial charge in [0.25, 0.3) is 0 Å². The van der Waals surface area contributed by atoms with E-state index in [1.54, 1.807) is 6.33 Å². The lowest BCUT2D eigenvalue weighted by molar-refractivity contribution is 0.185. The molecule has 0 atom stereocenters. The number of piperazine rings is 1. The summed E-state index contributed by atoms with van der Waals surface area (Å²) < 4.78 is 0. The van der Waals surface area contributed by atoms with E-state index in [1.807, 2.05) is 37.8 Å². The lowest BCUT2D eigenvalue weighted by atomic mass is 10.1. The molecular formula is C20H27N5O. The number of nitrogens with one attached hydrogen (secondary N) is 1. The average Bonchev–Trinajstić information content (AvgIpc) is 2.60. The van der Waals surface area contributed by atoms with E-state index in [0.717, 1.165) is 30.2 Å². The number of nitrogens with zero attached hydrogens (tertiary/aromatic N) is 4. The minimum atomic E-state index is -0.219. The molecule has 0 spiro atoms. The molecule has 2 aromatic rings. The Kier molecular flexibility index (Phi) is 5.11. The van der Waals surface area contributed by atoms with Crippen LogP contribution in [0.2, 0.25) is 0 Å². The highest BCUT2D eigenvalue weighted by molar-refractivity contribution is 5.75. The number of urea groups is 1. The highest BCUT2D eigenvalue weighted by atomic mass is 16.2. The summed E-state index contributed by atoms with van der Waals surface area (Å²) in [7, 11) is 0. The van der Waals surface area contributed by atoms with Crippen molar-refractivity contribution >= 4 is 11.8 Å². The van der Waals surface area contributed by atoms with Crippen molar-refractivity contribution in [3.05, 3.63) is 42.2 Å². The number of anilines is 1. The molecule has 1 N–H and O–H groups in total. The standard InChI is InChI=1S/C20H27N5O/c1-15-6-5-7-16(12-15)17-13-18(22-14-21-17)24-8-10-25(11-9-24)19(26)23-20(2,3)4/h5-7,12-14H,8-11H2,1-4H3,(H,23,26). The lowest BCUT2D eigenvalue weighted by Gasteiger charge is -2.36. The summed E-state index contributed by atoms with van der Waals surface area (Å²) in [5.41, 5.74) is 3.01. The van der Waals surface area contributed by atoms with Crippen molar-refractivity contribution in [3.63, 3.8) is 0 Å². The fourth-order valence-electron chi connectivity index (χ4n) is 3.02. The first-order valence-electron chi connectivity index (χ1n) is 9.03. The van der Waals surface area contributed by atoms with Crippen LogP contribution in [0.25, 0.3) is 11.3 Å². The molecule has 26 heavy (non-hydrogen) atoms. The van der Waals surface area contributed by atoms with E-state index in [2.05, 4.69) is 45.3 Å². The number of benzene rings is 1. The van der Waals surface area contributed by atoms with Crippen molar-refractivity contribution in [2.75, 3.05) is 31.1 Å². The zero-order valence-electron chi connectivity index (χ0n) is 16.0. The molecule has 1 saturated heterocycles. The summed E-state index contributed by atoms with van der Waals surface area (Å²) in [6.07, 6.45) is 1.62. The van der Waals surface area contributed by atoms with Gasteiger partial charge in [-0.25, -0.2) is 14.8 Å². The molecule has 0 unspecified atom stereocenters. The second kappa shape index (κ2) is 7.32. The predicted molar refractivity (Wildman–Crippen MR) is 104 cm³/mol. The maximum absolute atomic E-state index is 12.3. The Morgan fingerprint density at radius 3 is 2.46 bits per heavy atom. The Balaban J connectivity index is 1.67. The van der Waals surface area contributed by atoms with Crippen LogP contribution >= 0.6 is 0 Å². The Morgan fingerprint density at radius 1 is 1.08 bits per heavy atom. The molecule has 1 aromatic carbocycles. The SMILES string of the molecule is Cc1cccc(-c2cc(N3CCN(C(=O)NC(C)(C)C)CC3)ncn2)c1. The topological polar surface area (TPSA) is 61.4 Å². The van der Waals surface area contributed by atoms with Gasteiger partial charge in [-0.2, -0.15) is 0 Å². The Labute approximate surface area is 155 Å². The number of hydrogen-bond donors (Lipinski definition) is 1. The van der Waals surface area contributed by atoms with Gasteiger partial charge in [-0.3, -0.25) is 0 Å². The second-order valence-corrected chi connectivity index (χ2v) is 7.79. The minimum absolute atomic E-state index is 0.000266. The first-order chi connectivity index (χ1) is 12.3. The highest BCUT2D eigenvalue weighted by Crippen LogP contribution is 2.22. The van der Waals surface area contributed by atoms with Gasteiger partial charge < -0.3 is 15.1 Å². The Hall–Kier alpha value is -2.63. The van der Waals surface area contributed by atoms with E-state index >= 15 is 0 Å². The van der Waals surface area contributed by atoms with Crippen molar-refractivity contribution in [2.24, 2.45) is 0 Å². The van der Waals surface area contributed by atoms with Gasteiger partial charge >= 0.3 is 6.03 Å². The van der Waals surface area contributed by atoms with Gasteiger partial charge in [-0.05, 0) is 33.8 Å². The molecule has 2 heterocycles. The van der Waals surface area contributed by atoms with Gasteiger partial charge in [0.15, 0.2) is 0 Å². The lowest BCUT2D eigenvalue weighted by Crippen LogP contribution is -2.55. The van der Waals surface area contributed by atoms with E-state index < -0.39 is 0 Å². The van der Waals surface area contributed by atoms with Crippen LogP contribution < -0.4 is 10.2 Å². The third kappa shape index (κ3) is 4.50. The van der Waals surface area contributed by atoms with Gasteiger partial charge in [0, 0.05) is 43.3 Å². The maximum Gasteiger partial charge on any atom is 0.317 e. The molecule has 1 aliphatic heterocycles. The van der Waals surface area contributed by atoms with E-state index in [9.17, 15) is 4.79 Å². The van der Waals surface area contributed by atoms with E-state index in [-0.39, 0.29) is 11.6 Å². The van der Waals surface area contributed by atoms with Crippen LogP contribution in [-0.2, 0) is 0 Å². The summed E-state index contributed by atoms with van der Waals surface area (Å²) >= 11 is 0. The first kappa shape index (κ1) is 18.2. The maximum atomic E-state index is 12.3. The quantitative estimate of drug-likeness (QED) is 0.901. The largest absolute Gasteiger partial charge is 0.353 e. The average molecular weight is 353 g/mol. The van der Waals surface area contributed by atoms with Crippen molar-refractivity contribution in [3.8, 4) is 11.3 Å². The first-order valence-corrected chi connectivity index (χ1v) is 9.03. The Morgan fingerprint density at radius 2 is 1.81 bits per heavy atom. The summed E-state index contributed by atoms with van der Waals surface area (Å²) in [6.45, 7) is 11.0. The molecule has 1 fully saturated rings. The minimum Gasteiger partial charge on any atom is -0.353 e. The Bertz CT molecular complexity index is 776. The van der Waals surface area contributed by atoms with Gasteiger partial charge in [0.2, 0.25) is 0 Å². The fourth-order valence-corrected chi connectivity index (χ4v) is 3.02. The number of hydrogen-bond acceptors (Lipinski definition) is 4. The van der Waals surface area contributed by atoms with Crippen LogP contribution in [0.3, 0.4) is 0 Å². The zero-order chi connectivity index (χ0) is 18.7. The van der Waals surface area contributed by atoms with Gasteiger partial charge in [-0.15, -0.1) is 0 Å². The van der Waals surface area contributed by atoms with Crippen LogP contribution in [-0.4, -0.2) is 52.6 Å². The number of aryl methyl sites for hydroxylation is 1. The molecular weight excluding hydrogens is 326 g/mol. The number of aromatic nitrogens is 2. The highest BCUT2D eigenvalue weighted by Gasteiger charge is 2.24. The predicted octanol–water partition coefficient (Wildman–Crippen LogP) is 3.08. The smallest absolute Gasteiger partial charge is 0.317 e. The molecule has 2 amide bonds. The number of carbonyl (C=O) groups excluding carboxylic acids is 1. The van der Waals surface area contributed by atoms with Crippen LogP contribution in [0.5, 0.6) is 0 Å². The van der Waals surface area contributed by atoms with E-state index in [0.29, 0.717) is 13.1 Å². The molecule has 0 aliphatic carbocycles. The van der Waals surface area contributed by atoms with E-state index in [4.69, 9.17) is 0 Å². The van der Waals surface area contributed by atoms with Crippen molar-refractivity contribution < 1.29 is 4.79 Å². The van der Waals surface area contributed by atoms with Crippen LogP contribution in [0.15, 0.2) is 36.7 Å². The molecule has 1 aliphatic rings. The number of carbonyl (C=O) groups is 1. The molecule has 138 valence electrons. The number of rotatable bonds is 2. The summed E-state index contributed by atoms with van der Waals surface area (Å²) in [4.78, 5) is 25.2. The molecule has 0 radical (unpaired) electrons. The van der Waals surface area contributed by atoms with Crippen molar-refractivity contribution in [2.45, 2.75) is 33.2 Å². The van der Waals surface area contributed by atoms with Crippen molar-refractivity contribution in [1.29, 1.82) is 0 Å². The molecule has 3 rings (SSSR count). The van der Waals surface area contributed by atoms with Gasteiger partial charge in [0.05, 0.1) is 5.69 Å². The fraction of sp³-hybridized carbons (Fsp3) is 0.450. The third-order valence-electron chi connectivity index (χ3n) is 4.34. The zero-order valence-corrected chi connectivity index (χ0v) is 16.0. The van der Waals surface area contributed by atoms with E-state index in [1.165, 1.54) is 5.56 Å². The summed E-state index contributed by atoms with van der Waals surface area (Å²) in [6, 6.07) is 10.3. The molecule has 6 nitrogen and oxygen atoms in total. The molecule has 1 aromatic heterocycles. The van der Waals surface area contributed by atoms with Gasteiger partial charge in [-0.1, -0.05) is 23.8 Å². The summed E-state index contributed by atoms with van der Waals surface area (Å²) in [5, 5.41) is 3.02. The molecule has 0 bridgehead atoms. The molecule has 0 saturated carbocycles. The van der Waals surface area contributed by atoms with Crippen molar-refractivity contribution in [1.82, 2.24) is 20.2 Å². The van der Waals surface area contributed by atoms with Gasteiger partial charge in [0.1, 0.15) is 12.1 Å². The third-order valence-corrected chi connectivity index (χ3v) is 4.34. The van der Waals surface area contributed by atoms with Crippen LogP contribution in [0.1, 0.15) is 26.3 Å². The monoisotopic (exact) mass is 353 g/mol. The normalized spacial score (nSPS) is 15.1. The summed E-state index contributed by atoms with van der Waals surface area (Å²) in [5.74, 6) is 0.910. The van der Waals surface area contributed by atoms with Crippen LogP contribution in [0, 0.1) is 6.92 Å². The second-order valence-electron chi connectivity index (χ2n) is 7.79. The molecule has 6 heteroatoms.